The van der Waals surface area contributed by atoms with Crippen LogP contribution in [-0.2, 0) is 6.54 Å². The quantitative estimate of drug-likeness (QED) is 0.788. The summed E-state index contributed by atoms with van der Waals surface area (Å²) in [4.78, 5) is 4.87. The topological polar surface area (TPSA) is 6.48 Å². The molecule has 0 saturated carbocycles. The molecule has 1 heterocycles. The Kier molecular flexibility index (Phi) is 3.85. The third kappa shape index (κ3) is 3.10. The van der Waals surface area contributed by atoms with Crippen LogP contribution in [0.1, 0.15) is 19.4 Å². The molecule has 0 atom stereocenters. The maximum absolute atomic E-state index is 4.21. The maximum Gasteiger partial charge on any atom is 0.0427 e. The average Bonchev–Trinajstić information content (AvgIpc) is 2.33. The van der Waals surface area contributed by atoms with Gasteiger partial charge in [-0.1, -0.05) is 36.9 Å². The Morgan fingerprint density at radius 3 is 2.47 bits per heavy atom. The van der Waals surface area contributed by atoms with Gasteiger partial charge in [-0.3, -0.25) is 4.90 Å². The zero-order chi connectivity index (χ0) is 12.3. The van der Waals surface area contributed by atoms with Crippen molar-refractivity contribution in [1.82, 2.24) is 9.80 Å². The second-order valence-corrected chi connectivity index (χ2v) is 5.04. The van der Waals surface area contributed by atoms with Crippen LogP contribution in [-0.4, -0.2) is 35.5 Å². The molecule has 1 aliphatic rings. The maximum atomic E-state index is 4.21. The van der Waals surface area contributed by atoms with Crippen LogP contribution in [0, 0.1) is 0 Å². The van der Waals surface area contributed by atoms with E-state index in [9.17, 15) is 0 Å². The zero-order valence-electron chi connectivity index (χ0n) is 10.9. The lowest BCUT2D eigenvalue weighted by Gasteiger charge is -2.39. The molecule has 2 nitrogen and oxygen atoms in total. The average molecular weight is 230 g/mol. The van der Waals surface area contributed by atoms with Crippen LogP contribution >= 0.6 is 0 Å². The van der Waals surface area contributed by atoms with Crippen LogP contribution in [0.15, 0.2) is 42.6 Å². The first-order valence-corrected chi connectivity index (χ1v) is 6.37. The first-order valence-electron chi connectivity index (χ1n) is 6.37. The Morgan fingerprint density at radius 1 is 1.18 bits per heavy atom. The first-order chi connectivity index (χ1) is 8.16. The monoisotopic (exact) mass is 230 g/mol. The van der Waals surface area contributed by atoms with Crippen LogP contribution < -0.4 is 0 Å². The van der Waals surface area contributed by atoms with Gasteiger partial charge in [0.05, 0.1) is 0 Å². The Labute approximate surface area is 105 Å². The number of hydrogen-bond acceptors (Lipinski definition) is 2. The van der Waals surface area contributed by atoms with E-state index in [1.165, 1.54) is 11.3 Å². The summed E-state index contributed by atoms with van der Waals surface area (Å²) >= 11 is 0. The predicted molar refractivity (Wildman–Crippen MR) is 72.7 cm³/mol. The number of nitrogens with zero attached hydrogens (tertiary/aromatic N) is 2. The number of rotatable bonds is 3. The highest BCUT2D eigenvalue weighted by molar-refractivity contribution is 5.16. The van der Waals surface area contributed by atoms with Gasteiger partial charge in [0.25, 0.3) is 0 Å². The molecule has 2 heteroatoms. The molecule has 0 aliphatic carbocycles. The van der Waals surface area contributed by atoms with Crippen molar-refractivity contribution in [2.45, 2.75) is 26.4 Å². The summed E-state index contributed by atoms with van der Waals surface area (Å²) in [5, 5.41) is 0. The van der Waals surface area contributed by atoms with Crippen molar-refractivity contribution in [3.05, 3.63) is 48.2 Å². The van der Waals surface area contributed by atoms with Crippen LogP contribution in [0.5, 0.6) is 0 Å². The van der Waals surface area contributed by atoms with Gasteiger partial charge in [-0.2, -0.15) is 0 Å². The Balaban J connectivity index is 1.94. The summed E-state index contributed by atoms with van der Waals surface area (Å²) in [7, 11) is 0. The van der Waals surface area contributed by atoms with E-state index in [-0.39, 0.29) is 0 Å². The lowest BCUT2D eigenvalue weighted by atomic mass is 10.1. The molecule has 1 aromatic rings. The van der Waals surface area contributed by atoms with E-state index in [2.05, 4.69) is 60.6 Å². The van der Waals surface area contributed by atoms with E-state index in [0.717, 1.165) is 26.2 Å². The Morgan fingerprint density at radius 2 is 1.88 bits per heavy atom. The standard InChI is InChI=1S/C15H22N2/c1-13(2)16-9-10-17(14(3)11-16)12-15-7-5-4-6-8-15/h4-8,13H,3,9-12H2,1-2H3. The highest BCUT2D eigenvalue weighted by atomic mass is 15.3. The summed E-state index contributed by atoms with van der Waals surface area (Å²) in [6, 6.07) is 11.2. The van der Waals surface area contributed by atoms with Crippen molar-refractivity contribution in [3.8, 4) is 0 Å². The van der Waals surface area contributed by atoms with Gasteiger partial charge in [0.2, 0.25) is 0 Å². The van der Waals surface area contributed by atoms with Crippen molar-refractivity contribution in [2.24, 2.45) is 0 Å². The minimum Gasteiger partial charge on any atom is -0.369 e. The van der Waals surface area contributed by atoms with Gasteiger partial charge in [-0.05, 0) is 19.4 Å². The first kappa shape index (κ1) is 12.2. The van der Waals surface area contributed by atoms with Crippen LogP contribution in [0.25, 0.3) is 0 Å². The highest BCUT2D eigenvalue weighted by Gasteiger charge is 2.20. The van der Waals surface area contributed by atoms with Gasteiger partial charge in [-0.15, -0.1) is 0 Å². The molecule has 0 unspecified atom stereocenters. The molecule has 0 aromatic heterocycles. The Bertz CT molecular complexity index is 370. The smallest absolute Gasteiger partial charge is 0.0427 e. The molecular weight excluding hydrogens is 208 g/mol. The predicted octanol–water partition coefficient (Wildman–Crippen LogP) is 2.73. The van der Waals surface area contributed by atoms with E-state index < -0.39 is 0 Å². The molecule has 0 spiro atoms. The fourth-order valence-corrected chi connectivity index (χ4v) is 2.26. The molecule has 1 saturated heterocycles. The molecule has 1 aliphatic heterocycles. The fourth-order valence-electron chi connectivity index (χ4n) is 2.26. The van der Waals surface area contributed by atoms with Gasteiger partial charge in [-0.25, -0.2) is 0 Å². The lowest BCUT2D eigenvalue weighted by Crippen LogP contribution is -2.46. The number of hydrogen-bond donors (Lipinski definition) is 0. The minimum atomic E-state index is 0.616. The van der Waals surface area contributed by atoms with Crippen molar-refractivity contribution in [1.29, 1.82) is 0 Å². The third-order valence-corrected chi connectivity index (χ3v) is 3.44. The second-order valence-electron chi connectivity index (χ2n) is 5.04. The Hall–Kier alpha value is -1.28. The lowest BCUT2D eigenvalue weighted by molar-refractivity contribution is 0.144. The summed E-state index contributed by atoms with van der Waals surface area (Å²) in [6.45, 7) is 12.9. The molecule has 0 radical (unpaired) electrons. The SMILES string of the molecule is C=C1CN(C(C)C)CCN1Cc1ccccc1. The summed E-state index contributed by atoms with van der Waals surface area (Å²) in [5.41, 5.74) is 2.61. The van der Waals surface area contributed by atoms with E-state index in [4.69, 9.17) is 0 Å². The zero-order valence-corrected chi connectivity index (χ0v) is 10.9. The van der Waals surface area contributed by atoms with Crippen molar-refractivity contribution < 1.29 is 0 Å². The van der Waals surface area contributed by atoms with Crippen molar-refractivity contribution in [2.75, 3.05) is 19.6 Å². The molecule has 17 heavy (non-hydrogen) atoms. The molecule has 2 rings (SSSR count). The number of piperazine rings is 1. The molecule has 0 amide bonds. The highest BCUT2D eigenvalue weighted by Crippen LogP contribution is 2.16. The van der Waals surface area contributed by atoms with Crippen LogP contribution in [0.2, 0.25) is 0 Å². The van der Waals surface area contributed by atoms with Gasteiger partial charge in [0.15, 0.2) is 0 Å². The molecule has 92 valence electrons. The molecule has 1 aromatic carbocycles. The largest absolute Gasteiger partial charge is 0.369 e. The van der Waals surface area contributed by atoms with E-state index in [0.29, 0.717) is 6.04 Å². The van der Waals surface area contributed by atoms with Gasteiger partial charge in [0, 0.05) is 37.9 Å². The normalized spacial score (nSPS) is 17.8. The van der Waals surface area contributed by atoms with Crippen LogP contribution in [0.4, 0.5) is 0 Å². The van der Waals surface area contributed by atoms with Crippen molar-refractivity contribution >= 4 is 0 Å². The molecule has 1 fully saturated rings. The summed E-state index contributed by atoms with van der Waals surface area (Å²) in [6.07, 6.45) is 0. The third-order valence-electron chi connectivity index (χ3n) is 3.44. The van der Waals surface area contributed by atoms with Gasteiger partial charge in [0.1, 0.15) is 0 Å². The van der Waals surface area contributed by atoms with Gasteiger partial charge >= 0.3 is 0 Å². The minimum absolute atomic E-state index is 0.616. The van der Waals surface area contributed by atoms with Gasteiger partial charge < -0.3 is 4.90 Å². The summed E-state index contributed by atoms with van der Waals surface area (Å²) in [5.74, 6) is 0. The van der Waals surface area contributed by atoms with E-state index in [1.54, 1.807) is 0 Å². The fraction of sp³-hybridized carbons (Fsp3) is 0.467. The van der Waals surface area contributed by atoms with Crippen LogP contribution in [0.3, 0.4) is 0 Å². The molecular formula is C15H22N2. The molecule has 0 N–H and O–H groups in total. The summed E-state index contributed by atoms with van der Waals surface area (Å²) < 4.78 is 0. The van der Waals surface area contributed by atoms with E-state index >= 15 is 0 Å². The molecule has 0 bridgehead atoms. The second kappa shape index (κ2) is 5.37. The van der Waals surface area contributed by atoms with E-state index in [1.807, 2.05) is 0 Å². The number of benzene rings is 1. The van der Waals surface area contributed by atoms with Crippen molar-refractivity contribution in [3.63, 3.8) is 0 Å².